The third-order valence-electron chi connectivity index (χ3n) is 3.24. The van der Waals surface area contributed by atoms with Gasteiger partial charge in [0, 0.05) is 5.69 Å². The minimum absolute atomic E-state index is 0.0570. The third kappa shape index (κ3) is 3.70. The molecule has 7 heteroatoms. The van der Waals surface area contributed by atoms with E-state index in [1.165, 1.54) is 11.0 Å². The largest absolute Gasteiger partial charge is 0.484 e. The second kappa shape index (κ2) is 6.69. The lowest BCUT2D eigenvalue weighted by atomic mass is 10.2. The van der Waals surface area contributed by atoms with E-state index < -0.39 is 0 Å². The van der Waals surface area contributed by atoms with Crippen LogP contribution in [0.2, 0.25) is 0 Å². The number of nitrogens with one attached hydrogen (secondary N) is 1. The Hall–Kier alpha value is -3.22. The Kier molecular flexibility index (Phi) is 4.28. The van der Waals surface area contributed by atoms with Gasteiger partial charge in [0.1, 0.15) is 12.1 Å². The fraction of sp³-hybridized carbons (Fsp3) is 0.125. The first kappa shape index (κ1) is 14.7. The van der Waals surface area contributed by atoms with Crippen LogP contribution in [0, 0.1) is 6.92 Å². The molecule has 1 amide bonds. The maximum atomic E-state index is 11.9. The SMILES string of the molecule is Cc1ccccc1NC(=O)COc1ccc(-n2cnnn2)cc1. The van der Waals surface area contributed by atoms with Crippen molar-refractivity contribution in [2.24, 2.45) is 0 Å². The fourth-order valence-electron chi connectivity index (χ4n) is 2.02. The number of benzene rings is 2. The van der Waals surface area contributed by atoms with Crippen molar-refractivity contribution in [1.82, 2.24) is 20.2 Å². The summed E-state index contributed by atoms with van der Waals surface area (Å²) in [6, 6.07) is 14.7. The van der Waals surface area contributed by atoms with Crippen molar-refractivity contribution in [3.63, 3.8) is 0 Å². The number of carbonyl (C=O) groups is 1. The van der Waals surface area contributed by atoms with Crippen molar-refractivity contribution in [3.8, 4) is 11.4 Å². The topological polar surface area (TPSA) is 81.9 Å². The Morgan fingerprint density at radius 2 is 1.96 bits per heavy atom. The van der Waals surface area contributed by atoms with Crippen molar-refractivity contribution in [2.75, 3.05) is 11.9 Å². The van der Waals surface area contributed by atoms with E-state index in [0.29, 0.717) is 5.75 Å². The smallest absolute Gasteiger partial charge is 0.262 e. The first-order valence-electron chi connectivity index (χ1n) is 7.04. The molecule has 3 aromatic rings. The van der Waals surface area contributed by atoms with Crippen LogP contribution < -0.4 is 10.1 Å². The second-order valence-electron chi connectivity index (χ2n) is 4.90. The minimum atomic E-state index is -0.205. The standard InChI is InChI=1S/C16H15N5O2/c1-12-4-2-3-5-15(12)18-16(22)10-23-14-8-6-13(7-9-14)21-11-17-19-20-21/h2-9,11H,10H2,1H3,(H,18,22). The Balaban J connectivity index is 1.56. The number of nitrogens with zero attached hydrogens (tertiary/aromatic N) is 4. The van der Waals surface area contributed by atoms with Gasteiger partial charge in [-0.25, -0.2) is 4.68 Å². The van der Waals surface area contributed by atoms with E-state index in [4.69, 9.17) is 4.74 Å². The van der Waals surface area contributed by atoms with Crippen molar-refractivity contribution in [1.29, 1.82) is 0 Å². The van der Waals surface area contributed by atoms with Crippen LogP contribution in [0.25, 0.3) is 5.69 Å². The van der Waals surface area contributed by atoms with E-state index in [1.54, 1.807) is 12.1 Å². The summed E-state index contributed by atoms with van der Waals surface area (Å²) < 4.78 is 7.02. The quantitative estimate of drug-likeness (QED) is 0.779. The molecular formula is C16H15N5O2. The van der Waals surface area contributed by atoms with Gasteiger partial charge < -0.3 is 10.1 Å². The van der Waals surface area contributed by atoms with Crippen LogP contribution in [-0.4, -0.2) is 32.7 Å². The van der Waals surface area contributed by atoms with Crippen LogP contribution in [0.5, 0.6) is 5.75 Å². The summed E-state index contributed by atoms with van der Waals surface area (Å²) in [6.45, 7) is 1.88. The van der Waals surface area contributed by atoms with E-state index in [0.717, 1.165) is 16.9 Å². The van der Waals surface area contributed by atoms with Gasteiger partial charge in [0.15, 0.2) is 6.61 Å². The molecule has 2 aromatic carbocycles. The molecule has 1 heterocycles. The normalized spacial score (nSPS) is 10.3. The van der Waals surface area contributed by atoms with Crippen molar-refractivity contribution < 1.29 is 9.53 Å². The van der Waals surface area contributed by atoms with E-state index in [-0.39, 0.29) is 12.5 Å². The predicted molar refractivity (Wildman–Crippen MR) is 84.5 cm³/mol. The number of aromatic nitrogens is 4. The molecule has 116 valence electrons. The summed E-state index contributed by atoms with van der Waals surface area (Å²) in [5.74, 6) is 0.394. The molecule has 0 spiro atoms. The molecular weight excluding hydrogens is 294 g/mol. The molecule has 0 aliphatic carbocycles. The molecule has 1 aromatic heterocycles. The van der Waals surface area contributed by atoms with Crippen LogP contribution in [0.1, 0.15) is 5.56 Å². The van der Waals surface area contributed by atoms with Crippen molar-refractivity contribution in [2.45, 2.75) is 6.92 Å². The molecule has 0 aliphatic rings. The van der Waals surface area contributed by atoms with E-state index in [9.17, 15) is 4.79 Å². The highest BCUT2D eigenvalue weighted by molar-refractivity contribution is 5.92. The number of rotatable bonds is 5. The average molecular weight is 309 g/mol. The van der Waals surface area contributed by atoms with Gasteiger partial charge in [-0.3, -0.25) is 4.79 Å². The van der Waals surface area contributed by atoms with Crippen LogP contribution in [0.15, 0.2) is 54.9 Å². The Morgan fingerprint density at radius 3 is 2.65 bits per heavy atom. The van der Waals surface area contributed by atoms with Crippen LogP contribution in [0.3, 0.4) is 0 Å². The van der Waals surface area contributed by atoms with Crippen LogP contribution in [-0.2, 0) is 4.79 Å². The highest BCUT2D eigenvalue weighted by Crippen LogP contribution is 2.15. The van der Waals surface area contributed by atoms with Gasteiger partial charge in [-0.05, 0) is 53.2 Å². The molecule has 1 N–H and O–H groups in total. The minimum Gasteiger partial charge on any atom is -0.484 e. The molecule has 0 atom stereocenters. The molecule has 0 fully saturated rings. The highest BCUT2D eigenvalue weighted by atomic mass is 16.5. The number of anilines is 1. The predicted octanol–water partition coefficient (Wildman–Crippen LogP) is 1.99. The highest BCUT2D eigenvalue weighted by Gasteiger charge is 2.06. The molecule has 0 saturated heterocycles. The van der Waals surface area contributed by atoms with Crippen LogP contribution >= 0.6 is 0 Å². The number of tetrazole rings is 1. The lowest BCUT2D eigenvalue weighted by Gasteiger charge is -2.09. The molecule has 23 heavy (non-hydrogen) atoms. The van der Waals surface area contributed by atoms with Crippen LogP contribution in [0.4, 0.5) is 5.69 Å². The number of para-hydroxylation sites is 1. The average Bonchev–Trinajstić information content (AvgIpc) is 3.10. The molecule has 3 rings (SSSR count). The van der Waals surface area contributed by atoms with Gasteiger partial charge in [0.2, 0.25) is 0 Å². The maximum absolute atomic E-state index is 11.9. The summed E-state index contributed by atoms with van der Waals surface area (Å²) >= 11 is 0. The second-order valence-corrected chi connectivity index (χ2v) is 4.90. The number of carbonyl (C=O) groups excluding carboxylic acids is 1. The Labute approximate surface area is 132 Å². The van der Waals surface area contributed by atoms with Crippen molar-refractivity contribution >= 4 is 11.6 Å². The van der Waals surface area contributed by atoms with E-state index in [1.807, 2.05) is 43.3 Å². The summed E-state index contributed by atoms with van der Waals surface area (Å²) in [6.07, 6.45) is 1.51. The maximum Gasteiger partial charge on any atom is 0.262 e. The monoisotopic (exact) mass is 309 g/mol. The van der Waals surface area contributed by atoms with Gasteiger partial charge >= 0.3 is 0 Å². The Bertz CT molecular complexity index is 784. The number of ether oxygens (including phenoxy) is 1. The first-order valence-corrected chi connectivity index (χ1v) is 7.04. The molecule has 7 nitrogen and oxygen atoms in total. The zero-order valence-corrected chi connectivity index (χ0v) is 12.5. The molecule has 0 bridgehead atoms. The fourth-order valence-corrected chi connectivity index (χ4v) is 2.02. The third-order valence-corrected chi connectivity index (χ3v) is 3.24. The molecule has 0 saturated carbocycles. The summed E-state index contributed by atoms with van der Waals surface area (Å²) in [4.78, 5) is 11.9. The van der Waals surface area contributed by atoms with Gasteiger partial charge in [0.25, 0.3) is 5.91 Å². The summed E-state index contributed by atoms with van der Waals surface area (Å²) in [7, 11) is 0. The number of aryl methyl sites for hydroxylation is 1. The number of hydrogen-bond donors (Lipinski definition) is 1. The summed E-state index contributed by atoms with van der Waals surface area (Å²) in [5.41, 5.74) is 2.61. The lowest BCUT2D eigenvalue weighted by Crippen LogP contribution is -2.20. The molecule has 0 aliphatic heterocycles. The number of amides is 1. The van der Waals surface area contributed by atoms with Gasteiger partial charge in [-0.15, -0.1) is 5.10 Å². The van der Waals surface area contributed by atoms with E-state index in [2.05, 4.69) is 20.8 Å². The Morgan fingerprint density at radius 1 is 1.17 bits per heavy atom. The molecule has 0 unspecified atom stereocenters. The van der Waals surface area contributed by atoms with Gasteiger partial charge in [-0.1, -0.05) is 18.2 Å². The van der Waals surface area contributed by atoms with E-state index >= 15 is 0 Å². The molecule has 0 radical (unpaired) electrons. The lowest BCUT2D eigenvalue weighted by molar-refractivity contribution is -0.118. The zero-order valence-electron chi connectivity index (χ0n) is 12.5. The number of hydrogen-bond acceptors (Lipinski definition) is 5. The summed E-state index contributed by atoms with van der Waals surface area (Å²) in [5, 5.41) is 13.8. The van der Waals surface area contributed by atoms with Gasteiger partial charge in [-0.2, -0.15) is 0 Å². The van der Waals surface area contributed by atoms with Crippen molar-refractivity contribution in [3.05, 3.63) is 60.4 Å². The zero-order chi connectivity index (χ0) is 16.1. The first-order chi connectivity index (χ1) is 11.2. The van der Waals surface area contributed by atoms with Gasteiger partial charge in [0.05, 0.1) is 5.69 Å².